The average Bonchev–Trinajstić information content (AvgIpc) is 2.79. The third kappa shape index (κ3) is 6.14. The van der Waals surface area contributed by atoms with Gasteiger partial charge in [-0.25, -0.2) is 4.79 Å². The third-order valence-corrected chi connectivity index (χ3v) is 5.95. The van der Waals surface area contributed by atoms with Gasteiger partial charge in [0.05, 0.1) is 38.0 Å². The molecule has 2 aromatic rings. The Morgan fingerprint density at radius 1 is 0.969 bits per heavy atom. The lowest BCUT2D eigenvalue weighted by Crippen LogP contribution is -2.06. The van der Waals surface area contributed by atoms with Gasteiger partial charge in [0.25, 0.3) is 0 Å². The number of unbranched alkanes of at least 4 members (excludes halogenated alkanes) is 2. The van der Waals surface area contributed by atoms with Gasteiger partial charge in [-0.05, 0) is 44.2 Å². The van der Waals surface area contributed by atoms with Gasteiger partial charge >= 0.3 is 5.97 Å². The van der Waals surface area contributed by atoms with E-state index in [-0.39, 0.29) is 11.3 Å². The van der Waals surface area contributed by atoms with Crippen molar-refractivity contribution in [3.05, 3.63) is 44.9 Å². The molecule has 0 aliphatic carbocycles. The van der Waals surface area contributed by atoms with Crippen LogP contribution in [-0.4, -0.2) is 39.0 Å². The number of hydrogen-bond donors (Lipinski definition) is 1. The molecule has 0 heterocycles. The first kappa shape index (κ1) is 25.9. The molecule has 0 saturated heterocycles. The van der Waals surface area contributed by atoms with Crippen LogP contribution in [0, 0.1) is 0 Å². The normalized spacial score (nSPS) is 10.7. The molecule has 0 amide bonds. The maximum Gasteiger partial charge on any atom is 0.341 e. The minimum absolute atomic E-state index is 0.0761. The van der Waals surface area contributed by atoms with E-state index in [4.69, 9.17) is 42.1 Å². The van der Waals surface area contributed by atoms with Gasteiger partial charge in [0.15, 0.2) is 11.5 Å². The Balaban J connectivity index is 1.96. The average molecular weight is 485 g/mol. The number of aromatic hydroxyl groups is 1. The number of methoxy groups -OCH3 is 3. The predicted molar refractivity (Wildman–Crippen MR) is 126 cm³/mol. The summed E-state index contributed by atoms with van der Waals surface area (Å²) in [5, 5.41) is 11.4. The Morgan fingerprint density at radius 2 is 1.72 bits per heavy atom. The Kier molecular flexibility index (Phi) is 10.3. The molecule has 2 rings (SSSR count). The molecular weight excluding hydrogens is 455 g/mol. The maximum atomic E-state index is 11.8. The molecule has 0 atom stereocenters. The number of carbonyl (C=O) groups excluding carboxylic acids is 1. The fourth-order valence-electron chi connectivity index (χ4n) is 3.52. The van der Waals surface area contributed by atoms with E-state index in [1.165, 1.54) is 13.2 Å². The van der Waals surface area contributed by atoms with Gasteiger partial charge in [0, 0.05) is 17.2 Å². The molecule has 0 unspecified atom stereocenters. The van der Waals surface area contributed by atoms with E-state index in [1.54, 1.807) is 26.4 Å². The van der Waals surface area contributed by atoms with E-state index in [9.17, 15) is 9.90 Å². The zero-order valence-corrected chi connectivity index (χ0v) is 20.4. The second-order valence-electron chi connectivity index (χ2n) is 7.23. The van der Waals surface area contributed by atoms with Crippen molar-refractivity contribution in [1.82, 2.24) is 0 Å². The zero-order chi connectivity index (χ0) is 23.7. The Bertz CT molecular complexity index is 929. The largest absolute Gasteiger partial charge is 0.507 e. The van der Waals surface area contributed by atoms with Crippen molar-refractivity contribution < 1.29 is 28.8 Å². The Morgan fingerprint density at radius 3 is 2.34 bits per heavy atom. The summed E-state index contributed by atoms with van der Waals surface area (Å²) >= 11 is 12.6. The number of ether oxygens (including phenoxy) is 4. The second-order valence-corrected chi connectivity index (χ2v) is 8.01. The molecule has 0 aliphatic heterocycles. The van der Waals surface area contributed by atoms with Gasteiger partial charge in [0.1, 0.15) is 17.1 Å². The van der Waals surface area contributed by atoms with Crippen molar-refractivity contribution in [2.24, 2.45) is 0 Å². The highest BCUT2D eigenvalue weighted by Gasteiger charge is 2.19. The summed E-state index contributed by atoms with van der Waals surface area (Å²) in [5.41, 5.74) is 1.59. The van der Waals surface area contributed by atoms with Crippen molar-refractivity contribution in [2.75, 3.05) is 27.9 Å². The molecule has 0 radical (unpaired) electrons. The number of halogens is 2. The first-order valence-corrected chi connectivity index (χ1v) is 11.3. The van der Waals surface area contributed by atoms with Gasteiger partial charge in [-0.15, -0.1) is 0 Å². The van der Waals surface area contributed by atoms with Crippen LogP contribution in [0.3, 0.4) is 0 Å². The van der Waals surface area contributed by atoms with Crippen LogP contribution in [0.1, 0.15) is 54.1 Å². The molecule has 6 nitrogen and oxygen atoms in total. The van der Waals surface area contributed by atoms with Crippen molar-refractivity contribution in [1.29, 1.82) is 0 Å². The first-order chi connectivity index (χ1) is 15.4. The fourth-order valence-corrected chi connectivity index (χ4v) is 3.97. The molecule has 0 saturated carbocycles. The summed E-state index contributed by atoms with van der Waals surface area (Å²) < 4.78 is 21.4. The van der Waals surface area contributed by atoms with Crippen LogP contribution in [0.5, 0.6) is 23.0 Å². The number of esters is 1. The van der Waals surface area contributed by atoms with Gasteiger partial charge in [-0.3, -0.25) is 0 Å². The quantitative estimate of drug-likeness (QED) is 0.283. The van der Waals surface area contributed by atoms with Crippen LogP contribution in [0.15, 0.2) is 18.2 Å². The number of phenols is 1. The first-order valence-electron chi connectivity index (χ1n) is 10.5. The fraction of sp³-hybridized carbons (Fsp3) is 0.458. The van der Waals surface area contributed by atoms with Crippen molar-refractivity contribution >= 4 is 29.2 Å². The molecule has 8 heteroatoms. The molecule has 32 heavy (non-hydrogen) atoms. The van der Waals surface area contributed by atoms with Crippen LogP contribution < -0.4 is 14.2 Å². The topological polar surface area (TPSA) is 74.2 Å². The molecule has 1 N–H and O–H groups in total. The summed E-state index contributed by atoms with van der Waals surface area (Å²) in [5.74, 6) is 1.09. The van der Waals surface area contributed by atoms with Crippen molar-refractivity contribution in [3.63, 3.8) is 0 Å². The van der Waals surface area contributed by atoms with E-state index in [0.29, 0.717) is 52.3 Å². The summed E-state index contributed by atoms with van der Waals surface area (Å²) in [6.45, 7) is 2.48. The molecule has 2 aromatic carbocycles. The Hall–Kier alpha value is -2.31. The van der Waals surface area contributed by atoms with E-state index < -0.39 is 5.97 Å². The van der Waals surface area contributed by atoms with Gasteiger partial charge in [0.2, 0.25) is 0 Å². The summed E-state index contributed by atoms with van der Waals surface area (Å²) in [6, 6.07) is 4.88. The molecule has 0 aliphatic rings. The standard InChI is InChI=1S/C24H30Cl2O6/c1-5-9-15-19(12-11-17(22(15)27)24(28)31-4)32-13-8-6-7-10-16-21(26)18(25)14-20(29-2)23(16)30-3/h11-12,14,27H,5-10,13H2,1-4H3. The van der Waals surface area contributed by atoms with Crippen LogP contribution in [0.4, 0.5) is 0 Å². The lowest BCUT2D eigenvalue weighted by Gasteiger charge is -2.16. The molecule has 0 fully saturated rings. The van der Waals surface area contributed by atoms with Crippen LogP contribution >= 0.6 is 23.2 Å². The SMILES string of the molecule is CCCc1c(OCCCCCc2c(Cl)c(Cl)cc(OC)c2OC)ccc(C(=O)OC)c1O. The number of carbonyl (C=O) groups is 1. The highest BCUT2D eigenvalue weighted by molar-refractivity contribution is 6.42. The van der Waals surface area contributed by atoms with E-state index in [2.05, 4.69) is 0 Å². The minimum Gasteiger partial charge on any atom is -0.507 e. The minimum atomic E-state index is -0.571. The Labute approximate surface area is 199 Å². The second kappa shape index (κ2) is 12.7. The summed E-state index contributed by atoms with van der Waals surface area (Å²) in [7, 11) is 4.42. The van der Waals surface area contributed by atoms with E-state index in [1.807, 2.05) is 6.92 Å². The van der Waals surface area contributed by atoms with Crippen molar-refractivity contribution in [3.8, 4) is 23.0 Å². The van der Waals surface area contributed by atoms with Crippen LogP contribution in [0.2, 0.25) is 10.0 Å². The lowest BCUT2D eigenvalue weighted by atomic mass is 10.0. The highest BCUT2D eigenvalue weighted by atomic mass is 35.5. The highest BCUT2D eigenvalue weighted by Crippen LogP contribution is 2.41. The monoisotopic (exact) mass is 484 g/mol. The summed E-state index contributed by atoms with van der Waals surface area (Å²) in [6.07, 6.45) is 4.65. The summed E-state index contributed by atoms with van der Waals surface area (Å²) in [4.78, 5) is 11.8. The molecular formula is C24H30Cl2O6. The number of phenolic OH excluding ortho intramolecular Hbond substituents is 1. The molecule has 0 bridgehead atoms. The third-order valence-electron chi connectivity index (χ3n) is 5.13. The van der Waals surface area contributed by atoms with Crippen LogP contribution in [0.25, 0.3) is 0 Å². The lowest BCUT2D eigenvalue weighted by molar-refractivity contribution is 0.0597. The van der Waals surface area contributed by atoms with Gasteiger partial charge in [-0.1, -0.05) is 36.5 Å². The maximum absolute atomic E-state index is 11.8. The number of hydrogen-bond acceptors (Lipinski definition) is 6. The molecule has 176 valence electrons. The predicted octanol–water partition coefficient (Wildman–Crippen LogP) is 6.25. The smallest absolute Gasteiger partial charge is 0.341 e. The molecule has 0 spiro atoms. The van der Waals surface area contributed by atoms with Crippen molar-refractivity contribution in [2.45, 2.75) is 45.4 Å². The van der Waals surface area contributed by atoms with Gasteiger partial charge < -0.3 is 24.1 Å². The zero-order valence-electron chi connectivity index (χ0n) is 18.9. The number of rotatable bonds is 12. The van der Waals surface area contributed by atoms with Gasteiger partial charge in [-0.2, -0.15) is 0 Å². The number of benzene rings is 2. The van der Waals surface area contributed by atoms with Crippen LogP contribution in [-0.2, 0) is 17.6 Å². The van der Waals surface area contributed by atoms with E-state index >= 15 is 0 Å². The molecule has 0 aromatic heterocycles. The van der Waals surface area contributed by atoms with E-state index in [0.717, 1.165) is 31.2 Å².